The van der Waals surface area contributed by atoms with Crippen LogP contribution in [-0.2, 0) is 19.3 Å². The molecular weight excluding hydrogens is 452 g/mol. The Bertz CT molecular complexity index is 1160. The van der Waals surface area contributed by atoms with Crippen LogP contribution < -0.4 is 21.2 Å². The average Bonchev–Trinajstić information content (AvgIpc) is 3.14. The van der Waals surface area contributed by atoms with E-state index < -0.39 is 23.7 Å². The number of nitrogen functional groups attached to an aromatic ring is 1. The lowest BCUT2D eigenvalue weighted by atomic mass is 10.1. The number of nitrogens with two attached hydrogens (primary N) is 2. The summed E-state index contributed by atoms with van der Waals surface area (Å²) in [5.74, 6) is -1.00. The van der Waals surface area contributed by atoms with E-state index in [9.17, 15) is 22.4 Å². The molecule has 0 saturated heterocycles. The molecule has 12 heteroatoms. The van der Waals surface area contributed by atoms with Crippen molar-refractivity contribution in [1.82, 2.24) is 4.98 Å². The fourth-order valence-electron chi connectivity index (χ4n) is 2.72. The molecule has 0 aliphatic carbocycles. The first-order valence-corrected chi connectivity index (χ1v) is 9.81. The van der Waals surface area contributed by atoms with Crippen LogP contribution in [-0.4, -0.2) is 22.0 Å². The summed E-state index contributed by atoms with van der Waals surface area (Å²) in [6.45, 7) is 0.0751. The molecule has 0 bridgehead atoms. The molecule has 0 atom stereocenters. The Morgan fingerprint density at radius 2 is 1.88 bits per heavy atom. The summed E-state index contributed by atoms with van der Waals surface area (Å²) in [7, 11) is 0. The Hall–Kier alpha value is -3.51. The van der Waals surface area contributed by atoms with E-state index in [2.05, 4.69) is 4.98 Å². The molecule has 1 amide bonds. The van der Waals surface area contributed by atoms with Crippen molar-refractivity contribution in [2.24, 2.45) is 11.5 Å². The minimum Gasteiger partial charge on any atom is -0.488 e. The summed E-state index contributed by atoms with van der Waals surface area (Å²) >= 11 is 1.20. The van der Waals surface area contributed by atoms with Crippen LogP contribution in [0.4, 0.5) is 22.4 Å². The van der Waals surface area contributed by atoms with Crippen molar-refractivity contribution in [3.63, 3.8) is 0 Å². The highest BCUT2D eigenvalue weighted by molar-refractivity contribution is 7.15. The Morgan fingerprint density at radius 3 is 2.44 bits per heavy atom. The number of carboxylic acid groups (broad SMARTS) is 1. The second-order valence-corrected chi connectivity index (χ2v) is 7.53. The molecule has 6 N–H and O–H groups in total. The monoisotopic (exact) mass is 469 g/mol. The number of benzene rings is 2. The Morgan fingerprint density at radius 1 is 1.19 bits per heavy atom. The van der Waals surface area contributed by atoms with E-state index in [0.29, 0.717) is 21.1 Å². The van der Waals surface area contributed by atoms with Crippen LogP contribution in [0.15, 0.2) is 42.5 Å². The summed E-state index contributed by atoms with van der Waals surface area (Å²) in [5, 5.41) is 9.13. The lowest BCUT2D eigenvalue weighted by Crippen LogP contribution is -2.79. The number of amidine groups is 1. The van der Waals surface area contributed by atoms with Crippen molar-refractivity contribution in [3.8, 4) is 16.3 Å². The van der Waals surface area contributed by atoms with Crippen LogP contribution in [0.5, 0.6) is 5.75 Å². The summed E-state index contributed by atoms with van der Waals surface area (Å²) in [4.78, 5) is 17.5. The maximum absolute atomic E-state index is 14.2. The SMILES string of the molecule is NCc1nc(-c2ccc(C(F)(F)F)cc2)sc1COc1ccc(/C(N)=[NH+]/C(=O)O)c(F)c1. The molecule has 3 rings (SSSR count). The molecule has 0 radical (unpaired) electrons. The molecule has 0 unspecified atom stereocenters. The molecular formula is C20H17F4N4O3S+. The van der Waals surface area contributed by atoms with Crippen molar-refractivity contribution in [3.05, 3.63) is 70.0 Å². The molecule has 0 fully saturated rings. The zero-order chi connectivity index (χ0) is 23.5. The molecule has 32 heavy (non-hydrogen) atoms. The summed E-state index contributed by atoms with van der Waals surface area (Å²) < 4.78 is 58.1. The van der Waals surface area contributed by atoms with E-state index in [1.54, 1.807) is 0 Å². The maximum atomic E-state index is 14.2. The van der Waals surface area contributed by atoms with Crippen molar-refractivity contribution in [2.45, 2.75) is 19.3 Å². The third-order valence-electron chi connectivity index (χ3n) is 4.27. The number of hydrogen-bond acceptors (Lipinski definition) is 5. The van der Waals surface area contributed by atoms with Crippen molar-refractivity contribution < 1.29 is 37.2 Å². The number of amides is 1. The molecule has 0 aliphatic rings. The molecule has 2 aromatic carbocycles. The highest BCUT2D eigenvalue weighted by Gasteiger charge is 2.30. The molecule has 0 spiro atoms. The van der Waals surface area contributed by atoms with E-state index in [-0.39, 0.29) is 30.3 Å². The van der Waals surface area contributed by atoms with Gasteiger partial charge in [0.25, 0.3) is 5.84 Å². The first-order chi connectivity index (χ1) is 15.1. The minimum atomic E-state index is -4.43. The summed E-state index contributed by atoms with van der Waals surface area (Å²) in [5.41, 5.74) is 11.3. The zero-order valence-corrected chi connectivity index (χ0v) is 17.1. The van der Waals surface area contributed by atoms with Crippen LogP contribution >= 0.6 is 11.3 Å². The Labute approximate surface area is 183 Å². The summed E-state index contributed by atoms with van der Waals surface area (Å²) in [6, 6.07) is 8.32. The topological polar surface area (TPSA) is 125 Å². The predicted octanol–water partition coefficient (Wildman–Crippen LogP) is 2.47. The fourth-order valence-corrected chi connectivity index (χ4v) is 3.72. The first kappa shape index (κ1) is 23.2. The van der Waals surface area contributed by atoms with Gasteiger partial charge in [-0.05, 0) is 24.3 Å². The van der Waals surface area contributed by atoms with Gasteiger partial charge in [0.1, 0.15) is 23.2 Å². The van der Waals surface area contributed by atoms with Gasteiger partial charge in [-0.15, -0.1) is 11.3 Å². The van der Waals surface area contributed by atoms with Gasteiger partial charge < -0.3 is 15.6 Å². The van der Waals surface area contributed by atoms with E-state index in [0.717, 1.165) is 18.2 Å². The Kier molecular flexibility index (Phi) is 6.75. The van der Waals surface area contributed by atoms with Crippen LogP contribution in [0.2, 0.25) is 0 Å². The standard InChI is InChI=1S/C20H16F4N4O3S/c21-14-7-12(5-6-13(14)17(26)28-19(29)30)31-9-16-15(8-25)27-18(32-16)10-1-3-11(4-2-10)20(22,23)24/h1-7H,8-9,25H2,(H2,26,28)(H,29,30)/p+1. The number of nitrogens with one attached hydrogen (secondary N) is 1. The van der Waals surface area contributed by atoms with Crippen LogP contribution in [0.1, 0.15) is 21.7 Å². The first-order valence-electron chi connectivity index (χ1n) is 9.00. The van der Waals surface area contributed by atoms with E-state index in [1.807, 2.05) is 4.99 Å². The second-order valence-electron chi connectivity index (χ2n) is 6.44. The smallest absolute Gasteiger partial charge is 0.488 e. The molecule has 0 saturated carbocycles. The van der Waals surface area contributed by atoms with Gasteiger partial charge in [-0.3, -0.25) is 5.73 Å². The molecule has 168 valence electrons. The number of halogens is 4. The number of hydrogen-bond donors (Lipinski definition) is 4. The fraction of sp³-hybridized carbons (Fsp3) is 0.150. The van der Waals surface area contributed by atoms with Gasteiger partial charge in [0.15, 0.2) is 0 Å². The zero-order valence-electron chi connectivity index (χ0n) is 16.2. The van der Waals surface area contributed by atoms with Crippen molar-refractivity contribution in [1.29, 1.82) is 0 Å². The average molecular weight is 469 g/mol. The van der Waals surface area contributed by atoms with Gasteiger partial charge in [-0.2, -0.15) is 23.0 Å². The third kappa shape index (κ3) is 5.39. The normalized spacial score (nSPS) is 12.1. The number of ether oxygens (including phenoxy) is 1. The predicted molar refractivity (Wildman–Crippen MR) is 108 cm³/mol. The van der Waals surface area contributed by atoms with Crippen LogP contribution in [0, 0.1) is 5.82 Å². The Balaban J connectivity index is 1.77. The van der Waals surface area contributed by atoms with Crippen LogP contribution in [0.3, 0.4) is 0 Å². The van der Waals surface area contributed by atoms with E-state index in [1.165, 1.54) is 35.6 Å². The lowest BCUT2D eigenvalue weighted by molar-refractivity contribution is -0.364. The molecule has 1 heterocycles. The van der Waals surface area contributed by atoms with Gasteiger partial charge in [0, 0.05) is 18.2 Å². The second kappa shape index (κ2) is 9.32. The van der Waals surface area contributed by atoms with E-state index in [4.69, 9.17) is 21.3 Å². The van der Waals surface area contributed by atoms with Crippen molar-refractivity contribution in [2.75, 3.05) is 0 Å². The van der Waals surface area contributed by atoms with Gasteiger partial charge >= 0.3 is 12.3 Å². The highest BCUT2D eigenvalue weighted by atomic mass is 32.1. The van der Waals surface area contributed by atoms with Crippen molar-refractivity contribution >= 4 is 23.3 Å². The van der Waals surface area contributed by atoms with Gasteiger partial charge in [-0.25, -0.2) is 9.37 Å². The third-order valence-corrected chi connectivity index (χ3v) is 5.39. The lowest BCUT2D eigenvalue weighted by Gasteiger charge is -2.07. The number of alkyl halides is 3. The van der Waals surface area contributed by atoms with Gasteiger partial charge in [0.2, 0.25) is 0 Å². The highest BCUT2D eigenvalue weighted by Crippen LogP contribution is 2.33. The number of thiazole rings is 1. The molecule has 1 aromatic heterocycles. The van der Waals surface area contributed by atoms with E-state index >= 15 is 0 Å². The minimum absolute atomic E-state index is 0.00378. The molecule has 0 aliphatic heterocycles. The quantitative estimate of drug-likeness (QED) is 0.250. The number of carbonyl (C=O) groups is 1. The molecule has 3 aromatic rings. The maximum Gasteiger partial charge on any atom is 0.502 e. The van der Waals surface area contributed by atoms with Gasteiger partial charge in [0.05, 0.1) is 21.7 Å². The van der Waals surface area contributed by atoms with Crippen LogP contribution in [0.25, 0.3) is 10.6 Å². The summed E-state index contributed by atoms with van der Waals surface area (Å²) in [6.07, 6.45) is -5.86. The number of aromatic nitrogens is 1. The number of rotatable bonds is 6. The van der Waals surface area contributed by atoms with Gasteiger partial charge in [-0.1, -0.05) is 12.1 Å². The molecule has 7 nitrogen and oxygen atoms in total. The number of nitrogens with zero attached hydrogens (tertiary/aromatic N) is 1. The largest absolute Gasteiger partial charge is 0.502 e.